The molecule has 1 atom stereocenters. The van der Waals surface area contributed by atoms with Gasteiger partial charge in [0.25, 0.3) is 0 Å². The molecule has 0 amide bonds. The first-order valence-electron chi connectivity index (χ1n) is 7.18. The highest BCUT2D eigenvalue weighted by atomic mass is 79.9. The van der Waals surface area contributed by atoms with Crippen molar-refractivity contribution in [2.45, 2.75) is 31.7 Å². The van der Waals surface area contributed by atoms with Crippen LogP contribution in [0.4, 0.5) is 5.69 Å². The van der Waals surface area contributed by atoms with Crippen molar-refractivity contribution >= 4 is 37.5 Å². The molecule has 2 aliphatic rings. The van der Waals surface area contributed by atoms with Crippen LogP contribution in [-0.4, -0.2) is 37.1 Å². The molecule has 4 heteroatoms. The molecule has 2 nitrogen and oxygen atoms in total. The molecule has 0 saturated carbocycles. The van der Waals surface area contributed by atoms with Gasteiger partial charge in [-0.05, 0) is 59.9 Å². The van der Waals surface area contributed by atoms with E-state index >= 15 is 0 Å². The van der Waals surface area contributed by atoms with E-state index in [0.29, 0.717) is 0 Å². The second kappa shape index (κ2) is 6.15. The Morgan fingerprint density at radius 1 is 1.00 bits per heavy atom. The fraction of sp³-hybridized carbons (Fsp3) is 0.600. The molecule has 0 N–H and O–H groups in total. The van der Waals surface area contributed by atoms with E-state index in [0.717, 1.165) is 10.5 Å². The maximum absolute atomic E-state index is 3.70. The predicted octanol–water partition coefficient (Wildman–Crippen LogP) is 4.28. The second-order valence-corrected chi connectivity index (χ2v) is 7.35. The summed E-state index contributed by atoms with van der Waals surface area (Å²) in [6.45, 7) is 4.92. The Kier molecular flexibility index (Phi) is 4.50. The van der Waals surface area contributed by atoms with Gasteiger partial charge >= 0.3 is 0 Å². The lowest BCUT2D eigenvalue weighted by Gasteiger charge is -2.36. The third kappa shape index (κ3) is 3.17. The van der Waals surface area contributed by atoms with Gasteiger partial charge in [0, 0.05) is 34.6 Å². The molecule has 0 radical (unpaired) electrons. The number of rotatable bonds is 1. The number of anilines is 1. The Morgan fingerprint density at radius 2 is 1.84 bits per heavy atom. The molecule has 0 spiro atoms. The topological polar surface area (TPSA) is 6.48 Å². The SMILES string of the molecule is Brc1ccc(Br)c(N2CCCN3CCCCC3C2)c1. The van der Waals surface area contributed by atoms with Crippen LogP contribution in [0.2, 0.25) is 0 Å². The number of hydrogen-bond donors (Lipinski definition) is 0. The highest BCUT2D eigenvalue weighted by molar-refractivity contribution is 9.11. The van der Waals surface area contributed by atoms with E-state index in [-0.39, 0.29) is 0 Å². The second-order valence-electron chi connectivity index (χ2n) is 5.58. The van der Waals surface area contributed by atoms with Gasteiger partial charge in [0.05, 0.1) is 5.69 Å². The molecule has 2 heterocycles. The van der Waals surface area contributed by atoms with Crippen molar-refractivity contribution in [2.24, 2.45) is 0 Å². The van der Waals surface area contributed by atoms with Gasteiger partial charge in [0.1, 0.15) is 0 Å². The van der Waals surface area contributed by atoms with Crippen molar-refractivity contribution in [1.29, 1.82) is 0 Å². The zero-order valence-electron chi connectivity index (χ0n) is 11.1. The number of benzene rings is 1. The average Bonchev–Trinajstić information content (AvgIpc) is 2.63. The molecule has 0 bridgehead atoms. The minimum absolute atomic E-state index is 0.752. The molecular weight excluding hydrogens is 368 g/mol. The molecule has 2 saturated heterocycles. The fourth-order valence-electron chi connectivity index (χ4n) is 3.32. The van der Waals surface area contributed by atoms with Crippen molar-refractivity contribution in [3.63, 3.8) is 0 Å². The molecule has 3 rings (SSSR count). The van der Waals surface area contributed by atoms with Crippen LogP contribution in [0.25, 0.3) is 0 Å². The standard InChI is InChI=1S/C15H20Br2N2/c16-12-5-6-14(17)15(10-12)19-9-3-8-18-7-2-1-4-13(18)11-19/h5-6,10,13H,1-4,7-9,11H2. The lowest BCUT2D eigenvalue weighted by atomic mass is 10.0. The molecule has 1 unspecified atom stereocenters. The summed E-state index contributed by atoms with van der Waals surface area (Å²) in [4.78, 5) is 5.26. The summed E-state index contributed by atoms with van der Waals surface area (Å²) in [5, 5.41) is 0. The minimum Gasteiger partial charge on any atom is -0.369 e. The lowest BCUT2D eigenvalue weighted by molar-refractivity contribution is 0.162. The van der Waals surface area contributed by atoms with E-state index < -0.39 is 0 Å². The van der Waals surface area contributed by atoms with Gasteiger partial charge in [0.2, 0.25) is 0 Å². The summed E-state index contributed by atoms with van der Waals surface area (Å²) >= 11 is 7.30. The van der Waals surface area contributed by atoms with Crippen LogP contribution in [0.15, 0.2) is 27.1 Å². The van der Waals surface area contributed by atoms with Crippen LogP contribution in [-0.2, 0) is 0 Å². The number of hydrogen-bond acceptors (Lipinski definition) is 2. The molecule has 1 aromatic carbocycles. The van der Waals surface area contributed by atoms with E-state index in [1.807, 2.05) is 0 Å². The first-order valence-corrected chi connectivity index (χ1v) is 8.77. The van der Waals surface area contributed by atoms with Gasteiger partial charge in [-0.1, -0.05) is 22.4 Å². The van der Waals surface area contributed by atoms with Gasteiger partial charge < -0.3 is 4.90 Å². The minimum atomic E-state index is 0.752. The fourth-order valence-corrected chi connectivity index (χ4v) is 4.16. The number of fused-ring (bicyclic) bond motifs is 1. The molecular formula is C15H20Br2N2. The zero-order valence-corrected chi connectivity index (χ0v) is 14.3. The first-order chi connectivity index (χ1) is 9.24. The van der Waals surface area contributed by atoms with Crippen molar-refractivity contribution in [3.05, 3.63) is 27.1 Å². The van der Waals surface area contributed by atoms with Crippen molar-refractivity contribution in [3.8, 4) is 0 Å². The van der Waals surface area contributed by atoms with E-state index in [9.17, 15) is 0 Å². The summed E-state index contributed by atoms with van der Waals surface area (Å²) < 4.78 is 2.37. The third-order valence-electron chi connectivity index (χ3n) is 4.30. The Hall–Kier alpha value is -0.0600. The van der Waals surface area contributed by atoms with E-state index in [1.54, 1.807) is 0 Å². The molecule has 0 aromatic heterocycles. The summed E-state index contributed by atoms with van der Waals surface area (Å²) in [6, 6.07) is 7.23. The predicted molar refractivity (Wildman–Crippen MR) is 87.9 cm³/mol. The van der Waals surface area contributed by atoms with Gasteiger partial charge in [-0.25, -0.2) is 0 Å². The number of nitrogens with zero attached hydrogens (tertiary/aromatic N) is 2. The Morgan fingerprint density at radius 3 is 2.74 bits per heavy atom. The van der Waals surface area contributed by atoms with E-state index in [2.05, 4.69) is 59.9 Å². The van der Waals surface area contributed by atoms with Crippen LogP contribution in [0.3, 0.4) is 0 Å². The van der Waals surface area contributed by atoms with Crippen LogP contribution in [0.1, 0.15) is 25.7 Å². The quantitative estimate of drug-likeness (QED) is 0.709. The Bertz CT molecular complexity index is 450. The van der Waals surface area contributed by atoms with Crippen LogP contribution in [0.5, 0.6) is 0 Å². The molecule has 19 heavy (non-hydrogen) atoms. The maximum Gasteiger partial charge on any atom is 0.0522 e. The summed E-state index contributed by atoms with van der Waals surface area (Å²) in [5.74, 6) is 0. The maximum atomic E-state index is 3.70. The van der Waals surface area contributed by atoms with Crippen molar-refractivity contribution in [1.82, 2.24) is 4.90 Å². The summed E-state index contributed by atoms with van der Waals surface area (Å²) in [7, 11) is 0. The zero-order chi connectivity index (χ0) is 13.2. The average molecular weight is 388 g/mol. The van der Waals surface area contributed by atoms with Gasteiger partial charge in [-0.15, -0.1) is 0 Å². The molecule has 2 aliphatic heterocycles. The lowest BCUT2D eigenvalue weighted by Crippen LogP contribution is -2.44. The van der Waals surface area contributed by atoms with E-state index in [4.69, 9.17) is 0 Å². The van der Waals surface area contributed by atoms with E-state index in [1.165, 1.54) is 62.0 Å². The highest BCUT2D eigenvalue weighted by Gasteiger charge is 2.27. The molecule has 0 aliphatic carbocycles. The molecule has 2 fully saturated rings. The van der Waals surface area contributed by atoms with Gasteiger partial charge in [0.15, 0.2) is 0 Å². The third-order valence-corrected chi connectivity index (χ3v) is 5.47. The summed E-state index contributed by atoms with van der Waals surface area (Å²) in [6.07, 6.45) is 5.42. The molecule has 1 aromatic rings. The Labute approximate surface area is 132 Å². The monoisotopic (exact) mass is 386 g/mol. The first kappa shape index (κ1) is 13.9. The van der Waals surface area contributed by atoms with Gasteiger partial charge in [-0.3, -0.25) is 4.90 Å². The van der Waals surface area contributed by atoms with Crippen molar-refractivity contribution < 1.29 is 0 Å². The normalized spacial score (nSPS) is 24.9. The highest BCUT2D eigenvalue weighted by Crippen LogP contribution is 2.32. The van der Waals surface area contributed by atoms with Crippen molar-refractivity contribution in [2.75, 3.05) is 31.1 Å². The summed E-state index contributed by atoms with van der Waals surface area (Å²) in [5.41, 5.74) is 1.33. The number of halogens is 2. The largest absolute Gasteiger partial charge is 0.369 e. The van der Waals surface area contributed by atoms with Crippen LogP contribution in [0, 0.1) is 0 Å². The van der Waals surface area contributed by atoms with Gasteiger partial charge in [-0.2, -0.15) is 0 Å². The van der Waals surface area contributed by atoms with Crippen LogP contribution < -0.4 is 4.90 Å². The number of piperidine rings is 1. The molecule has 104 valence electrons. The smallest absolute Gasteiger partial charge is 0.0522 e. The Balaban J connectivity index is 1.82. The van der Waals surface area contributed by atoms with Crippen LogP contribution >= 0.6 is 31.9 Å².